The van der Waals surface area contributed by atoms with Crippen LogP contribution < -0.4 is 5.32 Å². The van der Waals surface area contributed by atoms with Crippen molar-refractivity contribution in [2.75, 3.05) is 32.5 Å². The fourth-order valence-corrected chi connectivity index (χ4v) is 2.10. The summed E-state index contributed by atoms with van der Waals surface area (Å²) < 4.78 is 2.06. The first-order chi connectivity index (χ1) is 7.28. The summed E-state index contributed by atoms with van der Waals surface area (Å²) in [6.07, 6.45) is 6.56. The summed E-state index contributed by atoms with van der Waals surface area (Å²) in [4.78, 5) is 2.40. The average Bonchev–Trinajstić information content (AvgIpc) is 2.69. The maximum atomic E-state index is 4.34. The van der Waals surface area contributed by atoms with Crippen molar-refractivity contribution in [2.24, 2.45) is 5.92 Å². The van der Waals surface area contributed by atoms with E-state index in [9.17, 15) is 0 Å². The van der Waals surface area contributed by atoms with Crippen molar-refractivity contribution in [3.05, 3.63) is 12.4 Å². The van der Waals surface area contributed by atoms with Crippen LogP contribution in [-0.4, -0.2) is 41.9 Å². The Bertz CT molecular complexity index is 299. The third kappa shape index (κ3) is 2.72. The van der Waals surface area contributed by atoms with Gasteiger partial charge in [-0.25, -0.2) is 0 Å². The fraction of sp³-hybridized carbons (Fsp3) is 0.727. The van der Waals surface area contributed by atoms with Gasteiger partial charge in [-0.1, -0.05) is 0 Å². The second-order valence-electron chi connectivity index (χ2n) is 4.45. The van der Waals surface area contributed by atoms with Crippen molar-refractivity contribution >= 4 is 5.69 Å². The van der Waals surface area contributed by atoms with Crippen LogP contribution in [0.15, 0.2) is 12.4 Å². The molecule has 0 aliphatic carbocycles. The third-order valence-electron chi connectivity index (χ3n) is 3.21. The normalized spacial score (nSPS) is 19.3. The van der Waals surface area contributed by atoms with Gasteiger partial charge in [0.2, 0.25) is 0 Å². The van der Waals surface area contributed by atoms with Gasteiger partial charge in [0.1, 0.15) is 0 Å². The summed E-state index contributed by atoms with van der Waals surface area (Å²) in [6, 6.07) is 0. The van der Waals surface area contributed by atoms with Crippen molar-refractivity contribution in [2.45, 2.75) is 19.4 Å². The number of nitrogens with zero attached hydrogens (tertiary/aromatic N) is 3. The maximum absolute atomic E-state index is 4.34. The Kier molecular flexibility index (Phi) is 3.26. The van der Waals surface area contributed by atoms with E-state index < -0.39 is 0 Å². The van der Waals surface area contributed by atoms with E-state index in [1.165, 1.54) is 25.9 Å². The van der Waals surface area contributed by atoms with Crippen molar-refractivity contribution in [1.82, 2.24) is 14.7 Å². The molecule has 1 fully saturated rings. The van der Waals surface area contributed by atoms with Crippen LogP contribution in [-0.2, 0) is 6.54 Å². The van der Waals surface area contributed by atoms with Gasteiger partial charge in [-0.3, -0.25) is 4.68 Å². The van der Waals surface area contributed by atoms with Gasteiger partial charge in [-0.05, 0) is 38.9 Å². The Labute approximate surface area is 91.3 Å². The molecule has 1 N–H and O–H groups in total. The molecule has 2 heterocycles. The van der Waals surface area contributed by atoms with Crippen molar-refractivity contribution in [3.63, 3.8) is 0 Å². The van der Waals surface area contributed by atoms with Crippen LogP contribution in [0.3, 0.4) is 0 Å². The first-order valence-electron chi connectivity index (χ1n) is 5.66. The van der Waals surface area contributed by atoms with Gasteiger partial charge in [0.25, 0.3) is 0 Å². The van der Waals surface area contributed by atoms with Gasteiger partial charge < -0.3 is 10.2 Å². The summed E-state index contributed by atoms with van der Waals surface area (Å²) >= 11 is 0. The van der Waals surface area contributed by atoms with E-state index in [1.54, 1.807) is 0 Å². The number of likely N-dealkylation sites (tertiary alicyclic amines) is 1. The molecule has 1 aromatic heterocycles. The lowest BCUT2D eigenvalue weighted by Gasteiger charge is -2.28. The molecule has 0 bridgehead atoms. The van der Waals surface area contributed by atoms with E-state index >= 15 is 0 Å². The van der Waals surface area contributed by atoms with Gasteiger partial charge >= 0.3 is 0 Å². The molecule has 2 rings (SSSR count). The van der Waals surface area contributed by atoms with Crippen molar-refractivity contribution < 1.29 is 0 Å². The zero-order valence-corrected chi connectivity index (χ0v) is 9.61. The Morgan fingerprint density at radius 3 is 2.80 bits per heavy atom. The van der Waals surface area contributed by atoms with Crippen LogP contribution in [0.2, 0.25) is 0 Å². The monoisotopic (exact) mass is 208 g/mol. The van der Waals surface area contributed by atoms with Crippen LogP contribution >= 0.6 is 0 Å². The minimum Gasteiger partial charge on any atom is -0.386 e. The Balaban J connectivity index is 1.86. The SMILES string of the molecule is CNc1cnn(CC2CCN(C)CC2)c1. The van der Waals surface area contributed by atoms with Crippen LogP contribution in [0.5, 0.6) is 0 Å². The summed E-state index contributed by atoms with van der Waals surface area (Å²) in [6.45, 7) is 3.52. The first kappa shape index (κ1) is 10.5. The van der Waals surface area contributed by atoms with Crippen molar-refractivity contribution in [3.8, 4) is 0 Å². The zero-order valence-electron chi connectivity index (χ0n) is 9.61. The molecule has 0 unspecified atom stereocenters. The Morgan fingerprint density at radius 1 is 1.47 bits per heavy atom. The van der Waals surface area contributed by atoms with Crippen LogP contribution in [0.4, 0.5) is 5.69 Å². The quantitative estimate of drug-likeness (QED) is 0.812. The van der Waals surface area contributed by atoms with Gasteiger partial charge in [0.15, 0.2) is 0 Å². The molecule has 1 aliphatic heterocycles. The summed E-state index contributed by atoms with van der Waals surface area (Å²) in [5.74, 6) is 0.797. The molecule has 0 spiro atoms. The minimum absolute atomic E-state index is 0.797. The third-order valence-corrected chi connectivity index (χ3v) is 3.21. The van der Waals surface area contributed by atoms with Crippen molar-refractivity contribution in [1.29, 1.82) is 0 Å². The van der Waals surface area contributed by atoms with E-state index in [0.717, 1.165) is 18.2 Å². The van der Waals surface area contributed by atoms with E-state index in [4.69, 9.17) is 0 Å². The number of rotatable bonds is 3. The zero-order chi connectivity index (χ0) is 10.7. The summed E-state index contributed by atoms with van der Waals surface area (Å²) in [7, 11) is 4.13. The van der Waals surface area contributed by atoms with E-state index in [2.05, 4.69) is 33.2 Å². The van der Waals surface area contributed by atoms with Gasteiger partial charge in [-0.2, -0.15) is 5.10 Å². The predicted octanol–water partition coefficient (Wildman–Crippen LogP) is 1.27. The lowest BCUT2D eigenvalue weighted by atomic mass is 9.97. The molecular weight excluding hydrogens is 188 g/mol. The fourth-order valence-electron chi connectivity index (χ4n) is 2.10. The standard InChI is InChI=1S/C11H20N4/c1-12-11-7-13-15(9-11)8-10-3-5-14(2)6-4-10/h7,9-10,12H,3-6,8H2,1-2H3. The van der Waals surface area contributed by atoms with Crippen LogP contribution in [0, 0.1) is 5.92 Å². The topological polar surface area (TPSA) is 33.1 Å². The number of anilines is 1. The molecule has 0 amide bonds. The van der Waals surface area contributed by atoms with E-state index in [-0.39, 0.29) is 0 Å². The lowest BCUT2D eigenvalue weighted by molar-refractivity contribution is 0.201. The summed E-state index contributed by atoms with van der Waals surface area (Å²) in [5.41, 5.74) is 1.10. The molecule has 0 radical (unpaired) electrons. The van der Waals surface area contributed by atoms with Crippen LogP contribution in [0.1, 0.15) is 12.8 Å². The molecule has 1 saturated heterocycles. The van der Waals surface area contributed by atoms with E-state index in [0.29, 0.717) is 0 Å². The highest BCUT2D eigenvalue weighted by atomic mass is 15.3. The molecule has 1 aromatic rings. The average molecular weight is 208 g/mol. The second kappa shape index (κ2) is 4.66. The highest BCUT2D eigenvalue weighted by molar-refractivity contribution is 5.36. The van der Waals surface area contributed by atoms with E-state index in [1.807, 2.05) is 13.2 Å². The number of nitrogens with one attached hydrogen (secondary N) is 1. The van der Waals surface area contributed by atoms with Crippen LogP contribution in [0.25, 0.3) is 0 Å². The molecule has 4 nitrogen and oxygen atoms in total. The highest BCUT2D eigenvalue weighted by Crippen LogP contribution is 2.18. The second-order valence-corrected chi connectivity index (χ2v) is 4.45. The summed E-state index contributed by atoms with van der Waals surface area (Å²) in [5, 5.41) is 7.44. The molecule has 0 saturated carbocycles. The number of hydrogen-bond donors (Lipinski definition) is 1. The Morgan fingerprint density at radius 2 is 2.20 bits per heavy atom. The highest BCUT2D eigenvalue weighted by Gasteiger charge is 2.17. The Hall–Kier alpha value is -1.03. The molecule has 84 valence electrons. The smallest absolute Gasteiger partial charge is 0.0723 e. The molecule has 4 heteroatoms. The number of aromatic nitrogens is 2. The first-order valence-corrected chi connectivity index (χ1v) is 5.66. The largest absolute Gasteiger partial charge is 0.386 e. The molecule has 0 aromatic carbocycles. The molecule has 0 atom stereocenters. The lowest BCUT2D eigenvalue weighted by Crippen LogP contribution is -2.31. The molecular formula is C11H20N4. The predicted molar refractivity (Wildman–Crippen MR) is 62.0 cm³/mol. The maximum Gasteiger partial charge on any atom is 0.0723 e. The number of hydrogen-bond acceptors (Lipinski definition) is 3. The van der Waals surface area contributed by atoms with Gasteiger partial charge in [0.05, 0.1) is 11.9 Å². The number of piperidine rings is 1. The molecule has 1 aliphatic rings. The van der Waals surface area contributed by atoms with Gasteiger partial charge in [0, 0.05) is 19.8 Å². The molecule has 15 heavy (non-hydrogen) atoms. The van der Waals surface area contributed by atoms with Gasteiger partial charge in [-0.15, -0.1) is 0 Å². The minimum atomic E-state index is 0.797.